The van der Waals surface area contributed by atoms with Gasteiger partial charge in [-0.25, -0.2) is 0 Å². The van der Waals surface area contributed by atoms with Crippen LogP contribution < -0.4 is 0 Å². The number of hydrogen-bond acceptors (Lipinski definition) is 1. The van der Waals surface area contributed by atoms with E-state index in [4.69, 9.17) is 4.74 Å². The van der Waals surface area contributed by atoms with Gasteiger partial charge in [0.05, 0.1) is 0 Å². The summed E-state index contributed by atoms with van der Waals surface area (Å²) in [6, 6.07) is 0. The van der Waals surface area contributed by atoms with Crippen molar-refractivity contribution in [1.29, 1.82) is 0 Å². The van der Waals surface area contributed by atoms with Gasteiger partial charge in [-0.1, -0.05) is 0 Å². The molecular weight excluding hydrogens is 243 g/mol. The fourth-order valence-electron chi connectivity index (χ4n) is 0.916. The molecule has 0 radical (unpaired) electrons. The van der Waals surface area contributed by atoms with E-state index in [1.165, 1.54) is 0 Å². The molecule has 0 aliphatic rings. The topological polar surface area (TPSA) is 9.23 Å². The molecule has 0 amide bonds. The van der Waals surface area contributed by atoms with Crippen LogP contribution in [0.2, 0.25) is 18.8 Å². The van der Waals surface area contributed by atoms with E-state index in [0.29, 0.717) is 3.93 Å². The summed E-state index contributed by atoms with van der Waals surface area (Å²) in [5.41, 5.74) is 0. The Hall–Kier alpha value is 0.499. The average molecular weight is 263 g/mol. The standard InChI is InChI=1S/C6H11O.3CH3.Sn/c1-3-5-6-7-4-2;;;;/h3,5H,1,4,6H2,2H3;3*1H3;. The second-order valence-electron chi connectivity index (χ2n) is 3.87. The van der Waals surface area contributed by atoms with Gasteiger partial charge in [-0.15, -0.1) is 0 Å². The molecule has 1 atom stereocenters. The summed E-state index contributed by atoms with van der Waals surface area (Å²) in [5.74, 6) is 0. The molecule has 0 saturated carbocycles. The van der Waals surface area contributed by atoms with Crippen LogP contribution in [-0.2, 0) is 4.74 Å². The third kappa shape index (κ3) is 4.85. The van der Waals surface area contributed by atoms with Gasteiger partial charge in [0.2, 0.25) is 0 Å². The molecule has 0 heterocycles. The van der Waals surface area contributed by atoms with Gasteiger partial charge in [0, 0.05) is 0 Å². The molecule has 0 aromatic rings. The number of rotatable bonds is 5. The molecule has 0 aromatic carbocycles. The van der Waals surface area contributed by atoms with Crippen molar-refractivity contribution in [3.05, 3.63) is 12.7 Å². The predicted octanol–water partition coefficient (Wildman–Crippen LogP) is 2.92. The molecule has 66 valence electrons. The Morgan fingerprint density at radius 1 is 1.45 bits per heavy atom. The van der Waals surface area contributed by atoms with E-state index in [1.807, 2.05) is 6.92 Å². The molecule has 0 rings (SSSR count). The summed E-state index contributed by atoms with van der Waals surface area (Å²) in [4.78, 5) is 7.25. The Balaban J connectivity index is 3.86. The zero-order chi connectivity index (χ0) is 8.91. The van der Waals surface area contributed by atoms with Crippen molar-refractivity contribution in [2.24, 2.45) is 0 Å². The van der Waals surface area contributed by atoms with Crippen LogP contribution in [0, 0.1) is 0 Å². The van der Waals surface area contributed by atoms with Gasteiger partial charge in [-0.05, 0) is 0 Å². The van der Waals surface area contributed by atoms with Gasteiger partial charge < -0.3 is 0 Å². The number of ether oxygens (including phenoxy) is 1. The minimum absolute atomic E-state index is 0.671. The van der Waals surface area contributed by atoms with Gasteiger partial charge in [0.25, 0.3) is 0 Å². The second kappa shape index (κ2) is 5.20. The van der Waals surface area contributed by atoms with Gasteiger partial charge in [0.15, 0.2) is 0 Å². The van der Waals surface area contributed by atoms with E-state index < -0.39 is 18.4 Å². The molecule has 0 aromatic heterocycles. The monoisotopic (exact) mass is 264 g/mol. The van der Waals surface area contributed by atoms with Gasteiger partial charge >= 0.3 is 74.7 Å². The Bertz CT molecular complexity index is 115. The molecular formula is C9H20OSn. The van der Waals surface area contributed by atoms with E-state index in [9.17, 15) is 0 Å². The van der Waals surface area contributed by atoms with E-state index in [1.54, 1.807) is 0 Å². The van der Waals surface area contributed by atoms with E-state index >= 15 is 0 Å². The van der Waals surface area contributed by atoms with Crippen molar-refractivity contribution in [1.82, 2.24) is 0 Å². The zero-order valence-corrected chi connectivity index (χ0v) is 11.0. The van der Waals surface area contributed by atoms with Crippen LogP contribution in [0.25, 0.3) is 0 Å². The third-order valence-corrected chi connectivity index (χ3v) is 9.40. The summed E-state index contributed by atoms with van der Waals surface area (Å²) in [6.07, 6.45) is 2.08. The summed E-state index contributed by atoms with van der Waals surface area (Å²) < 4.78 is 6.06. The van der Waals surface area contributed by atoms with Crippen LogP contribution >= 0.6 is 0 Å². The first-order chi connectivity index (χ1) is 5.02. The van der Waals surface area contributed by atoms with Gasteiger partial charge in [-0.2, -0.15) is 0 Å². The second-order valence-corrected chi connectivity index (χ2v) is 19.5. The van der Waals surface area contributed by atoms with Crippen LogP contribution in [0.15, 0.2) is 12.7 Å². The quantitative estimate of drug-likeness (QED) is 0.547. The predicted molar refractivity (Wildman–Crippen MR) is 53.8 cm³/mol. The first kappa shape index (κ1) is 11.5. The van der Waals surface area contributed by atoms with E-state index in [0.717, 1.165) is 13.2 Å². The van der Waals surface area contributed by atoms with Crippen molar-refractivity contribution in [3.8, 4) is 0 Å². The van der Waals surface area contributed by atoms with Crippen molar-refractivity contribution >= 4 is 18.4 Å². The summed E-state index contributed by atoms with van der Waals surface area (Å²) in [5, 5.41) is 0. The average Bonchev–Trinajstić information content (AvgIpc) is 1.87. The van der Waals surface area contributed by atoms with Crippen LogP contribution in [0.1, 0.15) is 6.92 Å². The Kier molecular flexibility index (Phi) is 5.43. The van der Waals surface area contributed by atoms with Crippen molar-refractivity contribution in [2.75, 3.05) is 13.2 Å². The summed E-state index contributed by atoms with van der Waals surface area (Å²) >= 11 is -1.75. The molecule has 2 heteroatoms. The molecule has 0 aliphatic heterocycles. The Morgan fingerprint density at radius 3 is 2.27 bits per heavy atom. The van der Waals surface area contributed by atoms with Gasteiger partial charge in [-0.3, -0.25) is 0 Å². The van der Waals surface area contributed by atoms with E-state index in [2.05, 4.69) is 27.5 Å². The molecule has 0 fully saturated rings. The normalized spacial score (nSPS) is 14.5. The molecule has 1 unspecified atom stereocenters. The molecule has 0 spiro atoms. The van der Waals surface area contributed by atoms with Crippen LogP contribution in [0.3, 0.4) is 0 Å². The van der Waals surface area contributed by atoms with Crippen molar-refractivity contribution < 1.29 is 4.74 Å². The van der Waals surface area contributed by atoms with Crippen LogP contribution in [0.4, 0.5) is 0 Å². The molecule has 0 aliphatic carbocycles. The zero-order valence-electron chi connectivity index (χ0n) is 8.18. The first-order valence-corrected chi connectivity index (χ1v) is 14.4. The Morgan fingerprint density at radius 2 is 2.00 bits per heavy atom. The van der Waals surface area contributed by atoms with Crippen LogP contribution in [-0.4, -0.2) is 31.6 Å². The third-order valence-electron chi connectivity index (χ3n) is 1.90. The molecule has 0 saturated heterocycles. The SMILES string of the molecule is C=C[CH](COCC)[Sn]([CH3])([CH3])[CH3]. The molecule has 1 nitrogen and oxygen atoms in total. The maximum absolute atomic E-state index is 5.39. The van der Waals surface area contributed by atoms with Gasteiger partial charge in [0.1, 0.15) is 0 Å². The first-order valence-electron chi connectivity index (χ1n) is 4.22. The molecule has 0 bridgehead atoms. The van der Waals surface area contributed by atoms with Crippen LogP contribution in [0.5, 0.6) is 0 Å². The fourth-order valence-corrected chi connectivity index (χ4v) is 4.70. The van der Waals surface area contributed by atoms with E-state index in [-0.39, 0.29) is 0 Å². The van der Waals surface area contributed by atoms with Crippen molar-refractivity contribution in [3.63, 3.8) is 0 Å². The fraction of sp³-hybridized carbons (Fsp3) is 0.778. The molecule has 11 heavy (non-hydrogen) atoms. The van der Waals surface area contributed by atoms with Crippen molar-refractivity contribution in [2.45, 2.75) is 25.7 Å². The summed E-state index contributed by atoms with van der Waals surface area (Å²) in [7, 11) is 0. The minimum atomic E-state index is -1.75. The molecule has 0 N–H and O–H groups in total. The number of hydrogen-bond donors (Lipinski definition) is 0. The Labute approximate surface area is 74.7 Å². The summed E-state index contributed by atoms with van der Waals surface area (Å²) in [6.45, 7) is 7.61. The maximum atomic E-state index is 5.39.